The van der Waals surface area contributed by atoms with Gasteiger partial charge in [0.2, 0.25) is 5.91 Å². The summed E-state index contributed by atoms with van der Waals surface area (Å²) in [6.07, 6.45) is 0.772. The molecule has 0 saturated heterocycles. The molecule has 0 spiro atoms. The van der Waals surface area contributed by atoms with Gasteiger partial charge in [0.1, 0.15) is 5.92 Å². The fourth-order valence-electron chi connectivity index (χ4n) is 0.828. The van der Waals surface area contributed by atoms with Crippen LogP contribution in [0.1, 0.15) is 27.2 Å². The quantitative estimate of drug-likeness (QED) is 0.660. The van der Waals surface area contributed by atoms with Crippen molar-refractivity contribution in [1.29, 1.82) is 5.26 Å². The molecule has 0 aliphatic rings. The van der Waals surface area contributed by atoms with Crippen LogP contribution in [-0.2, 0) is 4.79 Å². The average Bonchev–Trinajstić information content (AvgIpc) is 1.88. The van der Waals surface area contributed by atoms with Crippen LogP contribution >= 0.6 is 0 Å². The van der Waals surface area contributed by atoms with Gasteiger partial charge in [-0.2, -0.15) is 5.26 Å². The Bertz CT molecular complexity index is 191. The molecule has 0 aliphatic carbocycles. The lowest BCUT2D eigenvalue weighted by atomic mass is 9.77. The summed E-state index contributed by atoms with van der Waals surface area (Å²) >= 11 is 0. The van der Waals surface area contributed by atoms with Crippen LogP contribution in [0.15, 0.2) is 0 Å². The number of nitrogens with two attached hydrogens (primary N) is 1. The van der Waals surface area contributed by atoms with Crippen LogP contribution in [0.5, 0.6) is 0 Å². The zero-order chi connectivity index (χ0) is 9.07. The first kappa shape index (κ1) is 9.96. The summed E-state index contributed by atoms with van der Waals surface area (Å²) in [5.41, 5.74) is 4.74. The fraction of sp³-hybridized carbons (Fsp3) is 0.750. The van der Waals surface area contributed by atoms with Crippen molar-refractivity contribution in [2.75, 3.05) is 0 Å². The first-order valence-corrected chi connectivity index (χ1v) is 3.64. The number of amides is 1. The molecule has 1 unspecified atom stereocenters. The van der Waals surface area contributed by atoms with E-state index in [0.29, 0.717) is 0 Å². The van der Waals surface area contributed by atoms with Gasteiger partial charge >= 0.3 is 0 Å². The SMILES string of the molecule is CCC(C)(C)C(C#N)C(N)=O. The van der Waals surface area contributed by atoms with E-state index in [4.69, 9.17) is 11.0 Å². The lowest BCUT2D eigenvalue weighted by Gasteiger charge is -2.25. The van der Waals surface area contributed by atoms with Crippen LogP contribution < -0.4 is 5.73 Å². The summed E-state index contributed by atoms with van der Waals surface area (Å²) in [6, 6.07) is 1.92. The standard InChI is InChI=1S/C8H14N2O/c1-4-8(2,3)6(5-9)7(10)11/h6H,4H2,1-3H3,(H2,10,11). The highest BCUT2D eigenvalue weighted by Crippen LogP contribution is 2.29. The predicted molar refractivity (Wildman–Crippen MR) is 42.4 cm³/mol. The van der Waals surface area contributed by atoms with Crippen LogP contribution in [0.2, 0.25) is 0 Å². The Morgan fingerprint density at radius 2 is 2.18 bits per heavy atom. The summed E-state index contributed by atoms with van der Waals surface area (Å²) in [5, 5.41) is 8.61. The highest BCUT2D eigenvalue weighted by Gasteiger charge is 2.31. The van der Waals surface area contributed by atoms with E-state index in [9.17, 15) is 4.79 Å². The summed E-state index contributed by atoms with van der Waals surface area (Å²) in [4.78, 5) is 10.7. The Balaban J connectivity index is 4.53. The Kier molecular flexibility index (Phi) is 3.06. The zero-order valence-electron chi connectivity index (χ0n) is 7.22. The molecule has 0 aliphatic heterocycles. The molecule has 0 bridgehead atoms. The molecule has 0 heterocycles. The van der Waals surface area contributed by atoms with Gasteiger partial charge in [0.05, 0.1) is 6.07 Å². The molecule has 0 aromatic rings. The lowest BCUT2D eigenvalue weighted by molar-refractivity contribution is -0.123. The van der Waals surface area contributed by atoms with E-state index in [1.807, 2.05) is 26.8 Å². The fourth-order valence-corrected chi connectivity index (χ4v) is 0.828. The Morgan fingerprint density at radius 3 is 2.27 bits per heavy atom. The molecule has 0 saturated carbocycles. The molecule has 0 aromatic carbocycles. The lowest BCUT2D eigenvalue weighted by Crippen LogP contribution is -2.34. The third-order valence-electron chi connectivity index (χ3n) is 2.11. The number of nitrogens with zero attached hydrogens (tertiary/aromatic N) is 1. The number of primary amides is 1. The van der Waals surface area contributed by atoms with Gasteiger partial charge < -0.3 is 5.73 Å². The monoisotopic (exact) mass is 154 g/mol. The Labute approximate surface area is 67.2 Å². The second-order valence-electron chi connectivity index (χ2n) is 3.31. The van der Waals surface area contributed by atoms with Gasteiger partial charge in [-0.05, 0) is 11.8 Å². The van der Waals surface area contributed by atoms with Gasteiger partial charge in [-0.25, -0.2) is 0 Å². The predicted octanol–water partition coefficient (Wildman–Crippen LogP) is 1.05. The first-order chi connectivity index (χ1) is 4.95. The van der Waals surface area contributed by atoms with Gasteiger partial charge in [0.25, 0.3) is 0 Å². The van der Waals surface area contributed by atoms with E-state index in [0.717, 1.165) is 6.42 Å². The molecule has 1 amide bonds. The number of carbonyl (C=O) groups excluding carboxylic acids is 1. The third-order valence-corrected chi connectivity index (χ3v) is 2.11. The number of carbonyl (C=O) groups is 1. The van der Waals surface area contributed by atoms with Crippen molar-refractivity contribution < 1.29 is 4.79 Å². The normalized spacial score (nSPS) is 13.6. The highest BCUT2D eigenvalue weighted by atomic mass is 16.1. The summed E-state index contributed by atoms with van der Waals surface area (Å²) in [5.74, 6) is -1.20. The van der Waals surface area contributed by atoms with E-state index in [1.54, 1.807) is 0 Å². The van der Waals surface area contributed by atoms with Gasteiger partial charge in [-0.15, -0.1) is 0 Å². The van der Waals surface area contributed by atoms with Crippen LogP contribution in [0.25, 0.3) is 0 Å². The van der Waals surface area contributed by atoms with Gasteiger partial charge in [-0.1, -0.05) is 20.8 Å². The second-order valence-corrected chi connectivity index (χ2v) is 3.31. The van der Waals surface area contributed by atoms with Crippen molar-refractivity contribution in [1.82, 2.24) is 0 Å². The third kappa shape index (κ3) is 2.23. The smallest absolute Gasteiger partial charge is 0.235 e. The summed E-state index contributed by atoms with van der Waals surface area (Å²) in [6.45, 7) is 5.67. The van der Waals surface area contributed by atoms with Gasteiger partial charge in [-0.3, -0.25) is 4.79 Å². The van der Waals surface area contributed by atoms with Crippen molar-refractivity contribution in [3.63, 3.8) is 0 Å². The summed E-state index contributed by atoms with van der Waals surface area (Å²) in [7, 11) is 0. The van der Waals surface area contributed by atoms with Crippen molar-refractivity contribution in [2.24, 2.45) is 17.1 Å². The molecular weight excluding hydrogens is 140 g/mol. The second kappa shape index (κ2) is 3.38. The molecule has 0 aromatic heterocycles. The number of rotatable bonds is 3. The van der Waals surface area contributed by atoms with Gasteiger partial charge in [0.15, 0.2) is 0 Å². The summed E-state index contributed by atoms with van der Waals surface area (Å²) < 4.78 is 0. The van der Waals surface area contributed by atoms with Gasteiger partial charge in [0, 0.05) is 0 Å². The minimum Gasteiger partial charge on any atom is -0.369 e. The molecule has 0 radical (unpaired) electrons. The maximum absolute atomic E-state index is 10.7. The van der Waals surface area contributed by atoms with Crippen LogP contribution in [0, 0.1) is 22.7 Å². The highest BCUT2D eigenvalue weighted by molar-refractivity contribution is 5.80. The first-order valence-electron chi connectivity index (χ1n) is 3.64. The van der Waals surface area contributed by atoms with Crippen LogP contribution in [0.4, 0.5) is 0 Å². The van der Waals surface area contributed by atoms with E-state index in [1.165, 1.54) is 0 Å². The molecular formula is C8H14N2O. The number of hydrogen-bond acceptors (Lipinski definition) is 2. The topological polar surface area (TPSA) is 66.9 Å². The maximum atomic E-state index is 10.7. The average molecular weight is 154 g/mol. The molecule has 3 nitrogen and oxygen atoms in total. The van der Waals surface area contributed by atoms with E-state index < -0.39 is 11.8 Å². The largest absolute Gasteiger partial charge is 0.369 e. The molecule has 0 fully saturated rings. The Hall–Kier alpha value is -1.04. The molecule has 62 valence electrons. The molecule has 0 rings (SSSR count). The Morgan fingerprint density at radius 1 is 1.73 bits per heavy atom. The van der Waals surface area contributed by atoms with Crippen molar-refractivity contribution in [3.05, 3.63) is 0 Å². The van der Waals surface area contributed by atoms with E-state index in [2.05, 4.69) is 0 Å². The van der Waals surface area contributed by atoms with Crippen LogP contribution in [-0.4, -0.2) is 5.91 Å². The number of hydrogen-bond donors (Lipinski definition) is 1. The van der Waals surface area contributed by atoms with Crippen molar-refractivity contribution in [2.45, 2.75) is 27.2 Å². The molecule has 1 atom stereocenters. The molecule has 3 heteroatoms. The minimum atomic E-state index is -0.674. The zero-order valence-corrected chi connectivity index (χ0v) is 7.22. The van der Waals surface area contributed by atoms with E-state index >= 15 is 0 Å². The minimum absolute atomic E-state index is 0.305. The molecule has 11 heavy (non-hydrogen) atoms. The van der Waals surface area contributed by atoms with Crippen LogP contribution in [0.3, 0.4) is 0 Å². The van der Waals surface area contributed by atoms with E-state index in [-0.39, 0.29) is 5.41 Å². The molecule has 2 N–H and O–H groups in total. The van der Waals surface area contributed by atoms with Crippen molar-refractivity contribution >= 4 is 5.91 Å². The van der Waals surface area contributed by atoms with Crippen molar-refractivity contribution in [3.8, 4) is 6.07 Å². The number of nitriles is 1. The maximum Gasteiger partial charge on any atom is 0.235 e.